The molecule has 1 fully saturated rings. The van der Waals surface area contributed by atoms with Gasteiger partial charge in [0.1, 0.15) is 5.82 Å². The molecule has 1 aliphatic heterocycles. The Hall–Kier alpha value is -2.58. The Morgan fingerprint density at radius 3 is 2.56 bits per heavy atom. The van der Waals surface area contributed by atoms with Crippen LogP contribution in [-0.4, -0.2) is 36.0 Å². The number of hydrogen-bond donors (Lipinski definition) is 0. The summed E-state index contributed by atoms with van der Waals surface area (Å²) in [6.45, 7) is 0.463. The summed E-state index contributed by atoms with van der Waals surface area (Å²) in [4.78, 5) is 4.29. The lowest BCUT2D eigenvalue weighted by atomic mass is 10.0. The van der Waals surface area contributed by atoms with E-state index < -0.39 is 15.8 Å². The second kappa shape index (κ2) is 6.05. The number of sulfonamides is 1. The predicted molar refractivity (Wildman–Crippen MR) is 87.6 cm³/mol. The first kappa shape index (κ1) is 15.9. The van der Waals surface area contributed by atoms with E-state index in [2.05, 4.69) is 10.1 Å². The fourth-order valence-electron chi connectivity index (χ4n) is 2.67. The summed E-state index contributed by atoms with van der Waals surface area (Å²) in [7, 11) is -3.71. The first-order chi connectivity index (χ1) is 12.0. The molecular formula is C17H14FN3O3S. The Balaban J connectivity index is 1.48. The molecule has 3 aromatic rings. The van der Waals surface area contributed by atoms with Gasteiger partial charge < -0.3 is 4.52 Å². The largest absolute Gasteiger partial charge is 0.339 e. The number of hydrogen-bond acceptors (Lipinski definition) is 5. The highest BCUT2D eigenvalue weighted by molar-refractivity contribution is 7.89. The zero-order valence-electron chi connectivity index (χ0n) is 13.0. The minimum Gasteiger partial charge on any atom is -0.339 e. The summed E-state index contributed by atoms with van der Waals surface area (Å²) in [5.41, 5.74) is 0.834. The third-order valence-electron chi connectivity index (χ3n) is 4.10. The molecule has 1 aliphatic rings. The van der Waals surface area contributed by atoms with Crippen LogP contribution in [0.15, 0.2) is 64.0 Å². The fraction of sp³-hybridized carbons (Fsp3) is 0.176. The van der Waals surface area contributed by atoms with Gasteiger partial charge in [0.2, 0.25) is 21.7 Å². The van der Waals surface area contributed by atoms with E-state index in [1.807, 2.05) is 30.3 Å². The molecule has 0 spiro atoms. The van der Waals surface area contributed by atoms with Crippen LogP contribution >= 0.6 is 0 Å². The fourth-order valence-corrected chi connectivity index (χ4v) is 4.24. The van der Waals surface area contributed by atoms with Gasteiger partial charge in [-0.15, -0.1) is 0 Å². The van der Waals surface area contributed by atoms with E-state index in [9.17, 15) is 12.8 Å². The average molecular weight is 359 g/mol. The lowest BCUT2D eigenvalue weighted by Gasteiger charge is -2.35. The standard InChI is InChI=1S/C17H14FN3O3S/c18-14-7-4-8-15(9-14)25(22,23)21-10-13(11-21)17-19-16(20-24-17)12-5-2-1-3-6-12/h1-9,13H,10-11H2. The normalized spacial score (nSPS) is 15.9. The molecular weight excluding hydrogens is 345 g/mol. The van der Waals surface area contributed by atoms with Gasteiger partial charge in [0.15, 0.2) is 0 Å². The molecule has 0 bridgehead atoms. The third kappa shape index (κ3) is 2.94. The number of benzene rings is 2. The van der Waals surface area contributed by atoms with Gasteiger partial charge in [-0.2, -0.15) is 9.29 Å². The second-order valence-electron chi connectivity index (χ2n) is 5.80. The predicted octanol–water partition coefficient (Wildman–Crippen LogP) is 2.66. The van der Waals surface area contributed by atoms with Gasteiger partial charge in [0.25, 0.3) is 0 Å². The third-order valence-corrected chi connectivity index (χ3v) is 5.93. The monoisotopic (exact) mass is 359 g/mol. The summed E-state index contributed by atoms with van der Waals surface area (Å²) in [5, 5.41) is 3.94. The van der Waals surface area contributed by atoms with Crippen LogP contribution in [0.1, 0.15) is 11.8 Å². The highest BCUT2D eigenvalue weighted by atomic mass is 32.2. The lowest BCUT2D eigenvalue weighted by Crippen LogP contribution is -2.48. The number of halogens is 1. The summed E-state index contributed by atoms with van der Waals surface area (Å²) < 4.78 is 44.7. The molecule has 0 saturated carbocycles. The van der Waals surface area contributed by atoms with Crippen molar-refractivity contribution in [2.24, 2.45) is 0 Å². The highest BCUT2D eigenvalue weighted by Crippen LogP contribution is 2.32. The van der Waals surface area contributed by atoms with E-state index >= 15 is 0 Å². The molecule has 0 unspecified atom stereocenters. The first-order valence-electron chi connectivity index (χ1n) is 7.69. The zero-order valence-corrected chi connectivity index (χ0v) is 13.9. The quantitative estimate of drug-likeness (QED) is 0.716. The maximum absolute atomic E-state index is 13.3. The lowest BCUT2D eigenvalue weighted by molar-refractivity contribution is 0.216. The smallest absolute Gasteiger partial charge is 0.243 e. The van der Waals surface area contributed by atoms with Crippen LogP contribution in [0.3, 0.4) is 0 Å². The molecule has 0 atom stereocenters. The van der Waals surface area contributed by atoms with Crippen LogP contribution in [0.25, 0.3) is 11.4 Å². The van der Waals surface area contributed by atoms with Crippen LogP contribution in [0, 0.1) is 5.82 Å². The van der Waals surface area contributed by atoms with Crippen molar-refractivity contribution in [1.82, 2.24) is 14.4 Å². The van der Waals surface area contributed by atoms with Crippen molar-refractivity contribution in [3.63, 3.8) is 0 Å². The molecule has 6 nitrogen and oxygen atoms in total. The average Bonchev–Trinajstić information content (AvgIpc) is 3.04. The molecule has 8 heteroatoms. The van der Waals surface area contributed by atoms with Gasteiger partial charge in [-0.1, -0.05) is 41.6 Å². The van der Waals surface area contributed by atoms with Gasteiger partial charge in [0.05, 0.1) is 10.8 Å². The van der Waals surface area contributed by atoms with Crippen molar-refractivity contribution in [1.29, 1.82) is 0 Å². The molecule has 1 aromatic heterocycles. The van der Waals surface area contributed by atoms with Gasteiger partial charge in [0, 0.05) is 18.7 Å². The van der Waals surface area contributed by atoms with Crippen molar-refractivity contribution in [3.05, 3.63) is 66.3 Å². The molecule has 0 amide bonds. The number of nitrogens with zero attached hydrogens (tertiary/aromatic N) is 3. The van der Waals surface area contributed by atoms with Gasteiger partial charge in [-0.05, 0) is 18.2 Å². The summed E-state index contributed by atoms with van der Waals surface area (Å²) in [6.07, 6.45) is 0. The topological polar surface area (TPSA) is 76.3 Å². The minimum atomic E-state index is -3.71. The number of aromatic nitrogens is 2. The van der Waals surface area contributed by atoms with Crippen molar-refractivity contribution >= 4 is 10.0 Å². The Morgan fingerprint density at radius 2 is 1.84 bits per heavy atom. The maximum atomic E-state index is 13.3. The molecule has 0 radical (unpaired) electrons. The highest BCUT2D eigenvalue weighted by Gasteiger charge is 2.40. The van der Waals surface area contributed by atoms with E-state index in [0.717, 1.165) is 11.6 Å². The first-order valence-corrected chi connectivity index (χ1v) is 9.13. The van der Waals surface area contributed by atoms with Gasteiger partial charge in [-0.3, -0.25) is 0 Å². The van der Waals surface area contributed by atoms with E-state index in [0.29, 0.717) is 11.7 Å². The van der Waals surface area contributed by atoms with E-state index in [-0.39, 0.29) is 23.9 Å². The Morgan fingerprint density at radius 1 is 1.08 bits per heavy atom. The Bertz CT molecular complexity index is 999. The maximum Gasteiger partial charge on any atom is 0.243 e. The van der Waals surface area contributed by atoms with Crippen molar-refractivity contribution in [2.75, 3.05) is 13.1 Å². The molecule has 0 N–H and O–H groups in total. The van der Waals surface area contributed by atoms with E-state index in [1.54, 1.807) is 0 Å². The van der Waals surface area contributed by atoms with Crippen LogP contribution in [0.2, 0.25) is 0 Å². The molecule has 2 heterocycles. The second-order valence-corrected chi connectivity index (χ2v) is 7.74. The molecule has 0 aliphatic carbocycles. The van der Waals surface area contributed by atoms with Crippen LogP contribution in [-0.2, 0) is 10.0 Å². The van der Waals surface area contributed by atoms with E-state index in [1.165, 1.54) is 22.5 Å². The Kier molecular flexibility index (Phi) is 3.85. The molecule has 4 rings (SSSR count). The molecule has 25 heavy (non-hydrogen) atoms. The number of rotatable bonds is 4. The Labute approximate surface area is 144 Å². The van der Waals surface area contributed by atoms with Crippen molar-refractivity contribution < 1.29 is 17.3 Å². The minimum absolute atomic E-state index is 0.0542. The molecule has 1 saturated heterocycles. The van der Waals surface area contributed by atoms with E-state index in [4.69, 9.17) is 4.52 Å². The summed E-state index contributed by atoms with van der Waals surface area (Å²) in [6, 6.07) is 14.4. The van der Waals surface area contributed by atoms with Crippen molar-refractivity contribution in [2.45, 2.75) is 10.8 Å². The van der Waals surface area contributed by atoms with Crippen LogP contribution < -0.4 is 0 Å². The van der Waals surface area contributed by atoms with Crippen molar-refractivity contribution in [3.8, 4) is 11.4 Å². The summed E-state index contributed by atoms with van der Waals surface area (Å²) >= 11 is 0. The zero-order chi connectivity index (χ0) is 17.4. The SMILES string of the molecule is O=S(=O)(c1cccc(F)c1)N1CC(c2nc(-c3ccccc3)no2)C1. The van der Waals surface area contributed by atoms with Gasteiger partial charge in [-0.25, -0.2) is 12.8 Å². The van der Waals surface area contributed by atoms with Gasteiger partial charge >= 0.3 is 0 Å². The summed E-state index contributed by atoms with van der Waals surface area (Å²) in [5.74, 6) is 0.141. The van der Waals surface area contributed by atoms with Crippen LogP contribution in [0.4, 0.5) is 4.39 Å². The molecule has 128 valence electrons. The molecule has 2 aromatic carbocycles. The van der Waals surface area contributed by atoms with Crippen LogP contribution in [0.5, 0.6) is 0 Å².